The molecule has 2 unspecified atom stereocenters. The minimum atomic E-state index is -1.37. The van der Waals surface area contributed by atoms with Crippen LogP contribution in [0.4, 0.5) is 5.69 Å². The van der Waals surface area contributed by atoms with Gasteiger partial charge in [-0.05, 0) is 80.3 Å². The molecule has 42 heavy (non-hydrogen) atoms. The van der Waals surface area contributed by atoms with Crippen molar-refractivity contribution in [2.45, 2.75) is 69.9 Å². The number of thioether (sulfide) groups is 1. The topological polar surface area (TPSA) is 90.7 Å². The maximum Gasteiger partial charge on any atom is 0.252 e. The van der Waals surface area contributed by atoms with Crippen molar-refractivity contribution < 1.29 is 14.7 Å². The van der Waals surface area contributed by atoms with Crippen molar-refractivity contribution in [2.24, 2.45) is 5.92 Å². The zero-order valence-electron chi connectivity index (χ0n) is 25.3. The molecule has 1 saturated carbocycles. The molecule has 2 aliphatic rings. The van der Waals surface area contributed by atoms with Crippen LogP contribution < -0.4 is 10.2 Å². The van der Waals surface area contributed by atoms with E-state index in [4.69, 9.17) is 0 Å². The quantitative estimate of drug-likeness (QED) is 0.325. The van der Waals surface area contributed by atoms with E-state index in [1.807, 2.05) is 62.3 Å². The Balaban J connectivity index is 1.15. The number of para-hydroxylation sites is 2. The summed E-state index contributed by atoms with van der Waals surface area (Å²) in [6.07, 6.45) is 2.39. The summed E-state index contributed by atoms with van der Waals surface area (Å²) in [7, 11) is 3.98. The number of rotatable bonds is 11. The first kappa shape index (κ1) is 30.2. The van der Waals surface area contributed by atoms with Gasteiger partial charge in [-0.2, -0.15) is 0 Å². The highest BCUT2D eigenvalue weighted by Gasteiger charge is 2.44. The third-order valence-electron chi connectivity index (χ3n) is 8.60. The molecule has 0 radical (unpaired) electrons. The summed E-state index contributed by atoms with van der Waals surface area (Å²) < 4.78 is 2.20. The normalized spacial score (nSPS) is 19.5. The molecule has 1 saturated heterocycles. The van der Waals surface area contributed by atoms with Crippen LogP contribution in [-0.4, -0.2) is 69.4 Å². The van der Waals surface area contributed by atoms with Gasteiger partial charge in [-0.3, -0.25) is 9.59 Å². The van der Waals surface area contributed by atoms with E-state index in [0.717, 1.165) is 60.3 Å². The second kappa shape index (κ2) is 12.5. The molecular weight excluding hydrogens is 546 g/mol. The average molecular weight is 590 g/mol. The Morgan fingerprint density at radius 3 is 2.71 bits per heavy atom. The number of likely N-dealkylation sites (tertiary alicyclic amines) is 1. The fourth-order valence-corrected chi connectivity index (χ4v) is 6.73. The van der Waals surface area contributed by atoms with Gasteiger partial charge in [0.05, 0.1) is 23.0 Å². The Morgan fingerprint density at radius 1 is 1.21 bits per heavy atom. The molecular formula is C33H43N5O3S. The standard InChI is InChI=1S/C33H43N5O3S/c1-22(19-38-24(3)35-27-12-6-7-13-29(27)38)20-42-33(15-16-33)21-34-31(40)23(2)30(39)32(41)37-17-9-14-28(37)25-10-8-11-26(18-25)36(4)5/h6-8,10-13,18,20,23,28,30,39H,9,14-17,19,21H2,1-5H3,(H,34,40)/b22-20+/t23?,28?,30-/m1/s1. The number of fused-ring (bicyclic) bond motifs is 1. The number of carbonyl (C=O) groups is 2. The highest BCUT2D eigenvalue weighted by atomic mass is 32.2. The van der Waals surface area contributed by atoms with Crippen LogP contribution in [0.3, 0.4) is 0 Å². The number of hydrogen-bond acceptors (Lipinski definition) is 6. The van der Waals surface area contributed by atoms with Gasteiger partial charge in [0.25, 0.3) is 5.91 Å². The third-order valence-corrected chi connectivity index (χ3v) is 10.2. The minimum absolute atomic E-state index is 0.0326. The van der Waals surface area contributed by atoms with E-state index in [1.54, 1.807) is 23.6 Å². The summed E-state index contributed by atoms with van der Waals surface area (Å²) in [5.74, 6) is -0.490. The third kappa shape index (κ3) is 6.52. The van der Waals surface area contributed by atoms with Crippen molar-refractivity contribution >= 4 is 40.3 Å². The molecule has 2 fully saturated rings. The van der Waals surface area contributed by atoms with Gasteiger partial charge in [0.2, 0.25) is 5.91 Å². The number of imidazole rings is 1. The molecule has 1 aliphatic heterocycles. The Bertz CT molecular complexity index is 1480. The molecule has 9 heteroatoms. The van der Waals surface area contributed by atoms with Crippen LogP contribution >= 0.6 is 11.8 Å². The van der Waals surface area contributed by atoms with E-state index in [2.05, 4.69) is 39.3 Å². The number of aliphatic hydroxyl groups is 1. The second-order valence-electron chi connectivity index (χ2n) is 12.1. The summed E-state index contributed by atoms with van der Waals surface area (Å²) in [4.78, 5) is 34.9. The van der Waals surface area contributed by atoms with E-state index in [0.29, 0.717) is 13.1 Å². The first-order valence-corrected chi connectivity index (χ1v) is 15.8. The van der Waals surface area contributed by atoms with Crippen molar-refractivity contribution in [3.63, 3.8) is 0 Å². The van der Waals surface area contributed by atoms with Gasteiger partial charge in [-0.1, -0.05) is 31.2 Å². The fourth-order valence-electron chi connectivity index (χ4n) is 5.71. The van der Waals surface area contributed by atoms with Crippen molar-refractivity contribution in [1.82, 2.24) is 19.8 Å². The molecule has 8 nitrogen and oxygen atoms in total. The number of aryl methyl sites for hydroxylation is 1. The SMILES string of the molecule is C/C(=C\SC1(CNC(=O)C(C)[C@@H](O)C(=O)N2CCCC2c2cccc(N(C)C)c2)CC1)Cn1c(C)nc2ccccc21. The van der Waals surface area contributed by atoms with Crippen LogP contribution in [0.1, 0.15) is 57.0 Å². The number of benzene rings is 2. The average Bonchev–Trinajstić information content (AvgIpc) is 3.46. The minimum Gasteiger partial charge on any atom is -0.382 e. The number of anilines is 1. The maximum atomic E-state index is 13.4. The molecule has 224 valence electrons. The highest BCUT2D eigenvalue weighted by molar-refractivity contribution is 8.03. The Kier molecular flexibility index (Phi) is 8.99. The maximum absolute atomic E-state index is 13.4. The summed E-state index contributed by atoms with van der Waals surface area (Å²) in [6, 6.07) is 16.3. The number of nitrogens with one attached hydrogen (secondary N) is 1. The summed E-state index contributed by atoms with van der Waals surface area (Å²) in [6.45, 7) is 7.67. The predicted molar refractivity (Wildman–Crippen MR) is 170 cm³/mol. The molecule has 2 aromatic carbocycles. The molecule has 2 amide bonds. The lowest BCUT2D eigenvalue weighted by Crippen LogP contribution is -2.47. The Hall–Kier alpha value is -3.30. The Labute approximate surface area is 253 Å². The molecule has 2 heterocycles. The van der Waals surface area contributed by atoms with E-state index >= 15 is 0 Å². The number of carbonyl (C=O) groups excluding carboxylic acids is 2. The molecule has 0 spiro atoms. The summed E-state index contributed by atoms with van der Waals surface area (Å²) >= 11 is 1.77. The van der Waals surface area contributed by atoms with Crippen LogP contribution in [0.5, 0.6) is 0 Å². The lowest BCUT2D eigenvalue weighted by Gasteiger charge is -2.29. The van der Waals surface area contributed by atoms with Crippen LogP contribution in [0.15, 0.2) is 59.5 Å². The lowest BCUT2D eigenvalue weighted by atomic mass is 10.00. The number of allylic oxidation sites excluding steroid dienone is 1. The lowest BCUT2D eigenvalue weighted by molar-refractivity contribution is -0.148. The summed E-state index contributed by atoms with van der Waals surface area (Å²) in [5.41, 5.74) is 5.50. The van der Waals surface area contributed by atoms with E-state index in [-0.39, 0.29) is 22.6 Å². The largest absolute Gasteiger partial charge is 0.382 e. The van der Waals surface area contributed by atoms with Crippen LogP contribution in [0.2, 0.25) is 0 Å². The first-order chi connectivity index (χ1) is 20.1. The molecule has 2 N–H and O–H groups in total. The number of hydrogen-bond donors (Lipinski definition) is 2. The molecule has 1 aliphatic carbocycles. The van der Waals surface area contributed by atoms with E-state index in [1.165, 1.54) is 5.57 Å². The van der Waals surface area contributed by atoms with Crippen LogP contribution in [0.25, 0.3) is 11.0 Å². The van der Waals surface area contributed by atoms with Crippen molar-refractivity contribution in [1.29, 1.82) is 0 Å². The smallest absolute Gasteiger partial charge is 0.252 e. The van der Waals surface area contributed by atoms with Gasteiger partial charge >= 0.3 is 0 Å². The zero-order valence-corrected chi connectivity index (χ0v) is 26.2. The Morgan fingerprint density at radius 2 is 1.98 bits per heavy atom. The number of nitrogens with zero attached hydrogens (tertiary/aromatic N) is 4. The molecule has 1 aromatic heterocycles. The monoisotopic (exact) mass is 589 g/mol. The van der Waals surface area contributed by atoms with Gasteiger partial charge in [-0.15, -0.1) is 11.8 Å². The molecule has 3 aromatic rings. The number of aromatic nitrogens is 2. The number of aliphatic hydroxyl groups excluding tert-OH is 1. The van der Waals surface area contributed by atoms with Gasteiger partial charge in [0.15, 0.2) is 0 Å². The molecule has 0 bridgehead atoms. The van der Waals surface area contributed by atoms with Crippen molar-refractivity contribution in [2.75, 3.05) is 32.1 Å². The van der Waals surface area contributed by atoms with Crippen molar-refractivity contribution in [3.05, 3.63) is 70.9 Å². The summed E-state index contributed by atoms with van der Waals surface area (Å²) in [5, 5.41) is 16.2. The predicted octanol–water partition coefficient (Wildman–Crippen LogP) is 5.06. The first-order valence-electron chi connectivity index (χ1n) is 14.9. The molecule has 3 atom stereocenters. The van der Waals surface area contributed by atoms with Crippen molar-refractivity contribution in [3.8, 4) is 0 Å². The fraction of sp³-hybridized carbons (Fsp3) is 0.485. The van der Waals surface area contributed by atoms with Gasteiger partial charge in [-0.25, -0.2) is 4.98 Å². The zero-order chi connectivity index (χ0) is 30.0. The van der Waals surface area contributed by atoms with Gasteiger partial charge in [0.1, 0.15) is 11.9 Å². The van der Waals surface area contributed by atoms with Crippen LogP contribution in [0, 0.1) is 12.8 Å². The van der Waals surface area contributed by atoms with E-state index < -0.39 is 12.0 Å². The highest BCUT2D eigenvalue weighted by Crippen LogP contribution is 2.49. The van der Waals surface area contributed by atoms with E-state index in [9.17, 15) is 14.7 Å². The molecule has 5 rings (SSSR count). The number of amides is 2. The second-order valence-corrected chi connectivity index (χ2v) is 13.5. The van der Waals surface area contributed by atoms with Gasteiger partial charge < -0.3 is 24.8 Å². The van der Waals surface area contributed by atoms with Crippen LogP contribution in [-0.2, 0) is 16.1 Å². The van der Waals surface area contributed by atoms with Gasteiger partial charge in [0, 0.05) is 44.2 Å².